The van der Waals surface area contributed by atoms with E-state index < -0.39 is 0 Å². The van der Waals surface area contributed by atoms with E-state index in [1.54, 1.807) is 7.11 Å². The quantitative estimate of drug-likeness (QED) is 0.713. The Morgan fingerprint density at radius 3 is 2.50 bits per heavy atom. The molecule has 6 nitrogen and oxygen atoms in total. The van der Waals surface area contributed by atoms with Crippen LogP contribution >= 0.6 is 0 Å². The van der Waals surface area contributed by atoms with Crippen molar-refractivity contribution < 1.29 is 9.53 Å². The number of amides is 1. The molecular weight excluding hydrogens is 328 g/mol. The first kappa shape index (κ1) is 17.4. The second-order valence-electron chi connectivity index (χ2n) is 5.78. The number of hydrogen-bond acceptors (Lipinski definition) is 5. The van der Waals surface area contributed by atoms with Gasteiger partial charge in [0.25, 0.3) is 5.91 Å². The van der Waals surface area contributed by atoms with Gasteiger partial charge in [0, 0.05) is 6.54 Å². The fourth-order valence-electron chi connectivity index (χ4n) is 2.37. The van der Waals surface area contributed by atoms with Crippen molar-refractivity contribution >= 4 is 17.4 Å². The molecule has 6 heteroatoms. The third kappa shape index (κ3) is 4.36. The number of nitrogens with one attached hydrogen (secondary N) is 2. The average Bonchev–Trinajstić information content (AvgIpc) is 2.68. The van der Waals surface area contributed by atoms with Gasteiger partial charge in [-0.2, -0.15) is 0 Å². The van der Waals surface area contributed by atoms with Gasteiger partial charge in [-0.3, -0.25) is 4.79 Å². The van der Waals surface area contributed by atoms with Gasteiger partial charge in [0.15, 0.2) is 0 Å². The fraction of sp³-hybridized carbons (Fsp3) is 0.150. The Bertz CT molecular complexity index is 877. The molecule has 0 atom stereocenters. The second kappa shape index (κ2) is 8.11. The van der Waals surface area contributed by atoms with Crippen LogP contribution in [0.1, 0.15) is 21.6 Å². The number of ether oxygens (including phenoxy) is 1. The zero-order chi connectivity index (χ0) is 18.4. The van der Waals surface area contributed by atoms with E-state index in [-0.39, 0.29) is 11.6 Å². The summed E-state index contributed by atoms with van der Waals surface area (Å²) in [6, 6.07) is 15.5. The molecule has 3 rings (SSSR count). The van der Waals surface area contributed by atoms with Crippen LogP contribution in [-0.4, -0.2) is 23.0 Å². The molecule has 1 aromatic heterocycles. The number of rotatable bonds is 6. The Balaban J connectivity index is 1.61. The minimum atomic E-state index is -0.262. The molecule has 0 saturated carbocycles. The normalized spacial score (nSPS) is 10.2. The number of para-hydroxylation sites is 2. The maximum atomic E-state index is 12.2. The molecule has 0 radical (unpaired) electrons. The van der Waals surface area contributed by atoms with Gasteiger partial charge < -0.3 is 15.4 Å². The molecule has 0 fully saturated rings. The first-order valence-corrected chi connectivity index (χ1v) is 8.21. The lowest BCUT2D eigenvalue weighted by molar-refractivity contribution is 0.0945. The summed E-state index contributed by atoms with van der Waals surface area (Å²) in [5.74, 6) is 0.973. The van der Waals surface area contributed by atoms with Crippen molar-refractivity contribution in [3.05, 3.63) is 77.7 Å². The molecule has 1 heterocycles. The minimum Gasteiger partial charge on any atom is -0.495 e. The molecule has 0 spiro atoms. The molecule has 0 aliphatic rings. The highest BCUT2D eigenvalue weighted by Crippen LogP contribution is 2.25. The summed E-state index contributed by atoms with van der Waals surface area (Å²) in [7, 11) is 1.60. The van der Waals surface area contributed by atoms with E-state index in [9.17, 15) is 4.79 Å². The van der Waals surface area contributed by atoms with Gasteiger partial charge in [-0.1, -0.05) is 42.0 Å². The Morgan fingerprint density at radius 2 is 1.81 bits per heavy atom. The summed E-state index contributed by atoms with van der Waals surface area (Å²) in [6.45, 7) is 2.47. The van der Waals surface area contributed by atoms with Gasteiger partial charge >= 0.3 is 0 Å². The fourth-order valence-corrected chi connectivity index (χ4v) is 2.37. The van der Waals surface area contributed by atoms with Crippen molar-refractivity contribution in [1.29, 1.82) is 0 Å². The van der Waals surface area contributed by atoms with Crippen LogP contribution in [0.15, 0.2) is 60.9 Å². The summed E-state index contributed by atoms with van der Waals surface area (Å²) < 4.78 is 5.29. The lowest BCUT2D eigenvalue weighted by atomic mass is 10.1. The lowest BCUT2D eigenvalue weighted by Gasteiger charge is -2.10. The molecule has 1 amide bonds. The lowest BCUT2D eigenvalue weighted by Crippen LogP contribution is -2.24. The van der Waals surface area contributed by atoms with Gasteiger partial charge in [-0.15, -0.1) is 0 Å². The van der Waals surface area contributed by atoms with E-state index in [2.05, 4.69) is 20.6 Å². The van der Waals surface area contributed by atoms with Crippen LogP contribution < -0.4 is 15.4 Å². The molecule has 0 unspecified atom stereocenters. The van der Waals surface area contributed by atoms with Gasteiger partial charge in [0.1, 0.15) is 17.3 Å². The average molecular weight is 348 g/mol. The summed E-state index contributed by atoms with van der Waals surface area (Å²) >= 11 is 0. The van der Waals surface area contributed by atoms with Crippen molar-refractivity contribution in [3.63, 3.8) is 0 Å². The van der Waals surface area contributed by atoms with Crippen LogP contribution in [-0.2, 0) is 6.54 Å². The van der Waals surface area contributed by atoms with Gasteiger partial charge in [0.05, 0.1) is 25.2 Å². The van der Waals surface area contributed by atoms with Crippen LogP contribution in [0.2, 0.25) is 0 Å². The van der Waals surface area contributed by atoms with Gasteiger partial charge in [-0.05, 0) is 24.6 Å². The highest BCUT2D eigenvalue weighted by Gasteiger charge is 2.09. The zero-order valence-corrected chi connectivity index (χ0v) is 14.7. The van der Waals surface area contributed by atoms with E-state index in [0.717, 1.165) is 11.3 Å². The number of nitrogens with zero attached hydrogens (tertiary/aromatic N) is 2. The summed E-state index contributed by atoms with van der Waals surface area (Å²) in [5.41, 5.74) is 3.26. The number of aryl methyl sites for hydroxylation is 1. The van der Waals surface area contributed by atoms with Crippen LogP contribution in [0.5, 0.6) is 5.75 Å². The molecule has 0 aliphatic heterocycles. The van der Waals surface area contributed by atoms with E-state index in [1.807, 2.05) is 55.5 Å². The first-order valence-electron chi connectivity index (χ1n) is 8.21. The molecule has 132 valence electrons. The van der Waals surface area contributed by atoms with Gasteiger partial charge in [-0.25, -0.2) is 9.97 Å². The Morgan fingerprint density at radius 1 is 1.04 bits per heavy atom. The maximum Gasteiger partial charge on any atom is 0.271 e. The summed E-state index contributed by atoms with van der Waals surface area (Å²) in [6.07, 6.45) is 2.97. The Hall–Kier alpha value is -3.41. The third-order valence-electron chi connectivity index (χ3n) is 3.83. The van der Waals surface area contributed by atoms with Crippen molar-refractivity contribution in [2.75, 3.05) is 12.4 Å². The number of methoxy groups -OCH3 is 1. The van der Waals surface area contributed by atoms with E-state index in [4.69, 9.17) is 4.74 Å². The number of aromatic nitrogens is 2. The molecular formula is C20H20N4O2. The minimum absolute atomic E-state index is 0.262. The predicted molar refractivity (Wildman–Crippen MR) is 101 cm³/mol. The SMILES string of the molecule is COc1ccccc1Nc1cnc(C(=O)NCc2ccc(C)cc2)cn1. The summed E-state index contributed by atoms with van der Waals surface area (Å²) in [4.78, 5) is 20.6. The molecule has 0 saturated heterocycles. The standard InChI is InChI=1S/C20H20N4O2/c1-14-7-9-15(10-8-14)11-23-20(25)17-12-22-19(13-21-17)24-16-5-3-4-6-18(16)26-2/h3-10,12-13H,11H2,1-2H3,(H,22,24)(H,23,25). The number of carbonyl (C=O) groups is 1. The third-order valence-corrected chi connectivity index (χ3v) is 3.83. The van der Waals surface area contributed by atoms with Crippen LogP contribution in [0.4, 0.5) is 11.5 Å². The monoisotopic (exact) mass is 348 g/mol. The van der Waals surface area contributed by atoms with Crippen molar-refractivity contribution in [1.82, 2.24) is 15.3 Å². The number of hydrogen-bond donors (Lipinski definition) is 2. The molecule has 3 aromatic rings. The second-order valence-corrected chi connectivity index (χ2v) is 5.78. The molecule has 0 aliphatic carbocycles. The molecule has 2 N–H and O–H groups in total. The largest absolute Gasteiger partial charge is 0.495 e. The molecule has 0 bridgehead atoms. The highest BCUT2D eigenvalue weighted by molar-refractivity contribution is 5.92. The van der Waals surface area contributed by atoms with Crippen LogP contribution in [0.25, 0.3) is 0 Å². The molecule has 2 aromatic carbocycles. The highest BCUT2D eigenvalue weighted by atomic mass is 16.5. The van der Waals surface area contributed by atoms with E-state index in [0.29, 0.717) is 18.1 Å². The number of anilines is 2. The Kier molecular flexibility index (Phi) is 5.43. The maximum absolute atomic E-state index is 12.2. The van der Waals surface area contributed by atoms with E-state index in [1.165, 1.54) is 18.0 Å². The van der Waals surface area contributed by atoms with Crippen molar-refractivity contribution in [2.24, 2.45) is 0 Å². The van der Waals surface area contributed by atoms with Crippen LogP contribution in [0, 0.1) is 6.92 Å². The van der Waals surface area contributed by atoms with Crippen LogP contribution in [0.3, 0.4) is 0 Å². The predicted octanol–water partition coefficient (Wildman–Crippen LogP) is 3.47. The Labute approximate surface area is 152 Å². The van der Waals surface area contributed by atoms with Crippen molar-refractivity contribution in [2.45, 2.75) is 13.5 Å². The smallest absolute Gasteiger partial charge is 0.271 e. The molecule has 26 heavy (non-hydrogen) atoms. The first-order chi connectivity index (χ1) is 12.7. The van der Waals surface area contributed by atoms with E-state index >= 15 is 0 Å². The number of benzene rings is 2. The number of carbonyl (C=O) groups excluding carboxylic acids is 1. The van der Waals surface area contributed by atoms with Gasteiger partial charge in [0.2, 0.25) is 0 Å². The zero-order valence-electron chi connectivity index (χ0n) is 14.7. The topological polar surface area (TPSA) is 76.1 Å². The van der Waals surface area contributed by atoms with Crippen molar-refractivity contribution in [3.8, 4) is 5.75 Å². The summed E-state index contributed by atoms with van der Waals surface area (Å²) in [5, 5.41) is 5.96.